The van der Waals surface area contributed by atoms with Crippen molar-refractivity contribution in [3.63, 3.8) is 0 Å². The van der Waals surface area contributed by atoms with E-state index >= 15 is 0 Å². The monoisotopic (exact) mass is 280 g/mol. The van der Waals surface area contributed by atoms with Crippen LogP contribution in [0.2, 0.25) is 0 Å². The van der Waals surface area contributed by atoms with E-state index in [2.05, 4.69) is 10.3 Å². The molecule has 0 amide bonds. The zero-order valence-corrected chi connectivity index (χ0v) is 12.2. The number of aromatic nitrogens is 3. The third-order valence-corrected chi connectivity index (χ3v) is 4.41. The lowest BCUT2D eigenvalue weighted by molar-refractivity contribution is 0.757. The topological polar surface area (TPSA) is 50.7 Å². The maximum atomic E-state index is 4.78. The summed E-state index contributed by atoms with van der Waals surface area (Å²) in [4.78, 5) is 13.6. The highest BCUT2D eigenvalue weighted by Crippen LogP contribution is 2.33. The molecule has 2 aromatic heterocycles. The molecule has 1 N–H and O–H groups in total. The highest BCUT2D eigenvalue weighted by Gasteiger charge is 2.22. The molecule has 2 aliphatic rings. The van der Waals surface area contributed by atoms with Crippen molar-refractivity contribution in [2.75, 3.05) is 11.9 Å². The van der Waals surface area contributed by atoms with Gasteiger partial charge in [-0.1, -0.05) is 12.8 Å². The molecule has 4 rings (SSSR count). The zero-order chi connectivity index (χ0) is 14.1. The Morgan fingerprint density at radius 1 is 1.10 bits per heavy atom. The van der Waals surface area contributed by atoms with Crippen LogP contribution in [0.1, 0.15) is 36.9 Å². The quantitative estimate of drug-likeness (QED) is 0.913. The molecule has 108 valence electrons. The third-order valence-electron chi connectivity index (χ3n) is 4.41. The number of rotatable bonds is 5. The second kappa shape index (κ2) is 5.43. The first-order valence-corrected chi connectivity index (χ1v) is 7.94. The van der Waals surface area contributed by atoms with Gasteiger partial charge in [0, 0.05) is 35.8 Å². The van der Waals surface area contributed by atoms with E-state index in [1.165, 1.54) is 36.9 Å². The second-order valence-electron chi connectivity index (χ2n) is 6.07. The van der Waals surface area contributed by atoms with Crippen LogP contribution in [-0.4, -0.2) is 21.5 Å². The Morgan fingerprint density at radius 3 is 2.76 bits per heavy atom. The van der Waals surface area contributed by atoms with Gasteiger partial charge in [-0.15, -0.1) is 0 Å². The summed E-state index contributed by atoms with van der Waals surface area (Å²) in [5, 5.41) is 3.56. The maximum Gasteiger partial charge on any atom is 0.161 e. The summed E-state index contributed by atoms with van der Waals surface area (Å²) in [5.74, 6) is 2.84. The molecule has 2 aliphatic carbocycles. The van der Waals surface area contributed by atoms with Crippen molar-refractivity contribution in [3.05, 3.63) is 35.8 Å². The van der Waals surface area contributed by atoms with Crippen LogP contribution < -0.4 is 5.32 Å². The van der Waals surface area contributed by atoms with Gasteiger partial charge in [0.2, 0.25) is 0 Å². The van der Waals surface area contributed by atoms with Gasteiger partial charge in [-0.25, -0.2) is 9.97 Å². The molecule has 2 heterocycles. The number of aryl methyl sites for hydroxylation is 1. The van der Waals surface area contributed by atoms with Gasteiger partial charge in [-0.2, -0.15) is 0 Å². The van der Waals surface area contributed by atoms with Gasteiger partial charge < -0.3 is 5.32 Å². The predicted molar refractivity (Wildman–Crippen MR) is 83.1 cm³/mol. The fraction of sp³-hybridized carbons (Fsp3) is 0.471. The largest absolute Gasteiger partial charge is 0.370 e. The lowest BCUT2D eigenvalue weighted by Crippen LogP contribution is -2.09. The minimum absolute atomic E-state index is 0.826. The average Bonchev–Trinajstić information content (AvgIpc) is 3.22. The smallest absolute Gasteiger partial charge is 0.161 e. The van der Waals surface area contributed by atoms with Crippen molar-refractivity contribution in [1.29, 1.82) is 0 Å². The first kappa shape index (κ1) is 12.7. The van der Waals surface area contributed by atoms with Gasteiger partial charge in [0.15, 0.2) is 5.82 Å². The number of nitrogens with one attached hydrogen (secondary N) is 1. The van der Waals surface area contributed by atoms with Gasteiger partial charge >= 0.3 is 0 Å². The molecule has 0 bridgehead atoms. The van der Waals surface area contributed by atoms with E-state index in [1.54, 1.807) is 12.4 Å². The summed E-state index contributed by atoms with van der Waals surface area (Å²) < 4.78 is 0. The van der Waals surface area contributed by atoms with E-state index in [9.17, 15) is 0 Å². The van der Waals surface area contributed by atoms with Crippen LogP contribution in [0.15, 0.2) is 24.5 Å². The molecule has 2 aromatic rings. The van der Waals surface area contributed by atoms with Crippen molar-refractivity contribution < 1.29 is 0 Å². The fourth-order valence-corrected chi connectivity index (χ4v) is 3.01. The van der Waals surface area contributed by atoms with Crippen molar-refractivity contribution in [2.45, 2.75) is 38.5 Å². The molecule has 0 aromatic carbocycles. The molecule has 0 atom stereocenters. The van der Waals surface area contributed by atoms with Gasteiger partial charge in [0.25, 0.3) is 0 Å². The predicted octanol–water partition coefficient (Wildman–Crippen LogP) is 3.24. The van der Waals surface area contributed by atoms with Crippen LogP contribution in [0.4, 0.5) is 5.82 Å². The molecule has 4 nitrogen and oxygen atoms in total. The van der Waals surface area contributed by atoms with Crippen LogP contribution in [0.25, 0.3) is 11.4 Å². The normalized spacial score (nSPS) is 16.8. The summed E-state index contributed by atoms with van der Waals surface area (Å²) in [6.07, 6.45) is 11.1. The number of fused-ring (bicyclic) bond motifs is 1. The number of hydrogen-bond acceptors (Lipinski definition) is 4. The second-order valence-corrected chi connectivity index (χ2v) is 6.07. The van der Waals surface area contributed by atoms with E-state index in [4.69, 9.17) is 9.97 Å². The third kappa shape index (κ3) is 2.75. The Balaban J connectivity index is 1.62. The Bertz CT molecular complexity index is 635. The minimum Gasteiger partial charge on any atom is -0.370 e. The van der Waals surface area contributed by atoms with E-state index in [1.807, 2.05) is 12.1 Å². The van der Waals surface area contributed by atoms with Crippen molar-refractivity contribution in [2.24, 2.45) is 5.92 Å². The molecule has 1 saturated carbocycles. The lowest BCUT2D eigenvalue weighted by Gasteiger charge is -2.12. The number of anilines is 1. The fourth-order valence-electron chi connectivity index (χ4n) is 3.01. The van der Waals surface area contributed by atoms with Gasteiger partial charge in [-0.3, -0.25) is 4.98 Å². The molecule has 4 heteroatoms. The molecule has 0 radical (unpaired) electrons. The molecule has 21 heavy (non-hydrogen) atoms. The average molecular weight is 280 g/mol. The zero-order valence-electron chi connectivity index (χ0n) is 12.2. The van der Waals surface area contributed by atoms with Crippen LogP contribution in [0.3, 0.4) is 0 Å². The number of nitrogens with zero attached hydrogens (tertiary/aromatic N) is 3. The Kier molecular flexibility index (Phi) is 3.30. The van der Waals surface area contributed by atoms with E-state index in [0.717, 1.165) is 42.5 Å². The Morgan fingerprint density at radius 2 is 1.95 bits per heavy atom. The van der Waals surface area contributed by atoms with E-state index in [-0.39, 0.29) is 0 Å². The summed E-state index contributed by atoms with van der Waals surface area (Å²) in [6, 6.07) is 3.95. The lowest BCUT2D eigenvalue weighted by atomic mass is 10.2. The molecule has 0 unspecified atom stereocenters. The SMILES string of the molecule is c1cc(-c2nc3c(c(NCCC4CC4)n2)CCC3)ccn1. The van der Waals surface area contributed by atoms with Crippen LogP contribution in [0, 0.1) is 5.92 Å². The first-order chi connectivity index (χ1) is 10.4. The van der Waals surface area contributed by atoms with Crippen LogP contribution >= 0.6 is 0 Å². The molecule has 1 fully saturated rings. The highest BCUT2D eigenvalue weighted by atomic mass is 15.0. The van der Waals surface area contributed by atoms with E-state index in [0.29, 0.717) is 0 Å². The van der Waals surface area contributed by atoms with Crippen molar-refractivity contribution in [1.82, 2.24) is 15.0 Å². The van der Waals surface area contributed by atoms with Crippen LogP contribution in [0.5, 0.6) is 0 Å². The molecule has 0 aliphatic heterocycles. The summed E-state index contributed by atoms with van der Waals surface area (Å²) in [6.45, 7) is 1.03. The Hall–Kier alpha value is -1.97. The Labute approximate surface area is 125 Å². The molecule has 0 saturated heterocycles. The standard InChI is InChI=1S/C17H20N4/c1-2-14-15(3-1)20-16(13-7-9-18-10-8-13)21-17(14)19-11-6-12-4-5-12/h7-10,12H,1-6,11H2,(H,19,20,21). The summed E-state index contributed by atoms with van der Waals surface area (Å²) in [5.41, 5.74) is 3.61. The van der Waals surface area contributed by atoms with Crippen LogP contribution in [-0.2, 0) is 12.8 Å². The highest BCUT2D eigenvalue weighted by molar-refractivity contribution is 5.60. The van der Waals surface area contributed by atoms with E-state index < -0.39 is 0 Å². The first-order valence-electron chi connectivity index (χ1n) is 7.94. The minimum atomic E-state index is 0.826. The summed E-state index contributed by atoms with van der Waals surface area (Å²) in [7, 11) is 0. The van der Waals surface area contributed by atoms with Crippen molar-refractivity contribution >= 4 is 5.82 Å². The summed E-state index contributed by atoms with van der Waals surface area (Å²) >= 11 is 0. The molecular weight excluding hydrogens is 260 g/mol. The van der Waals surface area contributed by atoms with Gasteiger partial charge in [-0.05, 0) is 43.7 Å². The maximum absolute atomic E-state index is 4.78. The number of hydrogen-bond donors (Lipinski definition) is 1. The molecular formula is C17H20N4. The molecule has 0 spiro atoms. The van der Waals surface area contributed by atoms with Crippen molar-refractivity contribution in [3.8, 4) is 11.4 Å². The van der Waals surface area contributed by atoms with Gasteiger partial charge in [0.05, 0.1) is 0 Å². The number of pyridine rings is 1. The van der Waals surface area contributed by atoms with Gasteiger partial charge in [0.1, 0.15) is 5.82 Å².